The molecule has 0 unspecified atom stereocenters. The SMILES string of the molecule is CCNc1ccncc1C(=O)NCCC1CCN(C)CC1. The molecule has 0 spiro atoms. The van der Waals surface area contributed by atoms with Crippen LogP contribution in [0.3, 0.4) is 0 Å². The van der Waals surface area contributed by atoms with Gasteiger partial charge in [0.05, 0.1) is 11.3 Å². The molecular formula is C16H26N4O. The second-order valence-corrected chi connectivity index (χ2v) is 5.74. The Bertz CT molecular complexity index is 455. The molecule has 0 aromatic carbocycles. The highest BCUT2D eigenvalue weighted by Gasteiger charge is 2.17. The average Bonchev–Trinajstić information content (AvgIpc) is 2.50. The average molecular weight is 290 g/mol. The summed E-state index contributed by atoms with van der Waals surface area (Å²) in [7, 11) is 2.17. The number of carbonyl (C=O) groups excluding carboxylic acids is 1. The quantitative estimate of drug-likeness (QED) is 0.841. The van der Waals surface area contributed by atoms with Crippen molar-refractivity contribution in [3.8, 4) is 0 Å². The summed E-state index contributed by atoms with van der Waals surface area (Å²) in [6.07, 6.45) is 6.87. The molecule has 1 aliphatic heterocycles. The first-order valence-corrected chi connectivity index (χ1v) is 7.85. The number of nitrogens with zero attached hydrogens (tertiary/aromatic N) is 2. The maximum Gasteiger partial charge on any atom is 0.254 e. The van der Waals surface area contributed by atoms with Crippen LogP contribution in [-0.2, 0) is 0 Å². The lowest BCUT2D eigenvalue weighted by Gasteiger charge is -2.28. The highest BCUT2D eigenvalue weighted by molar-refractivity contribution is 5.99. The van der Waals surface area contributed by atoms with E-state index in [1.807, 2.05) is 13.0 Å². The van der Waals surface area contributed by atoms with Crippen LogP contribution < -0.4 is 10.6 Å². The Labute approximate surface area is 127 Å². The van der Waals surface area contributed by atoms with Gasteiger partial charge in [-0.2, -0.15) is 0 Å². The fourth-order valence-electron chi connectivity index (χ4n) is 2.76. The van der Waals surface area contributed by atoms with Gasteiger partial charge in [0.2, 0.25) is 0 Å². The summed E-state index contributed by atoms with van der Waals surface area (Å²) in [6.45, 7) is 5.90. The minimum Gasteiger partial charge on any atom is -0.385 e. The van der Waals surface area contributed by atoms with Gasteiger partial charge < -0.3 is 15.5 Å². The number of anilines is 1. The second-order valence-electron chi connectivity index (χ2n) is 5.74. The number of rotatable bonds is 6. The number of nitrogens with one attached hydrogen (secondary N) is 2. The third kappa shape index (κ3) is 4.70. The third-order valence-electron chi connectivity index (χ3n) is 4.11. The number of amides is 1. The van der Waals surface area contributed by atoms with Gasteiger partial charge >= 0.3 is 0 Å². The fraction of sp³-hybridized carbons (Fsp3) is 0.625. The largest absolute Gasteiger partial charge is 0.385 e. The van der Waals surface area contributed by atoms with E-state index in [1.54, 1.807) is 12.4 Å². The van der Waals surface area contributed by atoms with Gasteiger partial charge in [-0.15, -0.1) is 0 Å². The third-order valence-corrected chi connectivity index (χ3v) is 4.11. The Balaban J connectivity index is 1.79. The molecule has 2 rings (SSSR count). The molecule has 0 aliphatic carbocycles. The highest BCUT2D eigenvalue weighted by Crippen LogP contribution is 2.19. The molecule has 1 aromatic rings. The molecule has 5 nitrogen and oxygen atoms in total. The first kappa shape index (κ1) is 15.8. The molecule has 0 atom stereocenters. The van der Waals surface area contributed by atoms with Crippen molar-refractivity contribution in [2.75, 3.05) is 38.5 Å². The van der Waals surface area contributed by atoms with Gasteiger partial charge in [-0.25, -0.2) is 0 Å². The predicted octanol–water partition coefficient (Wildman–Crippen LogP) is 1.98. The monoisotopic (exact) mass is 290 g/mol. The van der Waals surface area contributed by atoms with Gasteiger partial charge in [0.1, 0.15) is 0 Å². The van der Waals surface area contributed by atoms with E-state index < -0.39 is 0 Å². The summed E-state index contributed by atoms with van der Waals surface area (Å²) < 4.78 is 0. The smallest absolute Gasteiger partial charge is 0.254 e. The summed E-state index contributed by atoms with van der Waals surface area (Å²) >= 11 is 0. The van der Waals surface area contributed by atoms with Gasteiger partial charge in [-0.3, -0.25) is 9.78 Å². The lowest BCUT2D eigenvalue weighted by atomic mass is 9.94. The van der Waals surface area contributed by atoms with Gasteiger partial charge in [-0.1, -0.05) is 0 Å². The van der Waals surface area contributed by atoms with Crippen molar-refractivity contribution in [2.45, 2.75) is 26.2 Å². The number of hydrogen-bond acceptors (Lipinski definition) is 4. The zero-order chi connectivity index (χ0) is 15.1. The van der Waals surface area contributed by atoms with Crippen LogP contribution in [0.4, 0.5) is 5.69 Å². The van der Waals surface area contributed by atoms with E-state index in [2.05, 4.69) is 27.6 Å². The van der Waals surface area contributed by atoms with Crippen LogP contribution in [0.2, 0.25) is 0 Å². The summed E-state index contributed by atoms with van der Waals surface area (Å²) in [4.78, 5) is 18.7. The van der Waals surface area contributed by atoms with E-state index in [0.29, 0.717) is 5.56 Å². The van der Waals surface area contributed by atoms with E-state index in [-0.39, 0.29) is 5.91 Å². The van der Waals surface area contributed by atoms with Crippen molar-refractivity contribution in [3.63, 3.8) is 0 Å². The standard InChI is InChI=1S/C16H26N4O/c1-3-18-15-5-8-17-12-14(15)16(21)19-9-4-13-6-10-20(2)11-7-13/h5,8,12-13H,3-4,6-7,9-11H2,1-2H3,(H,17,18)(H,19,21). The van der Waals surface area contributed by atoms with Crippen LogP contribution in [0.15, 0.2) is 18.5 Å². The van der Waals surface area contributed by atoms with Gasteiger partial charge in [-0.05, 0) is 58.3 Å². The van der Waals surface area contributed by atoms with E-state index in [9.17, 15) is 4.79 Å². The van der Waals surface area contributed by atoms with Crippen molar-refractivity contribution < 1.29 is 4.79 Å². The van der Waals surface area contributed by atoms with E-state index in [4.69, 9.17) is 0 Å². The first-order chi connectivity index (χ1) is 10.2. The Hall–Kier alpha value is -1.62. The number of hydrogen-bond donors (Lipinski definition) is 2. The molecule has 21 heavy (non-hydrogen) atoms. The minimum absolute atomic E-state index is 0.0352. The molecule has 1 aliphatic rings. The maximum absolute atomic E-state index is 12.2. The zero-order valence-corrected chi connectivity index (χ0v) is 13.1. The Morgan fingerprint density at radius 2 is 2.19 bits per heavy atom. The molecule has 1 saturated heterocycles. The van der Waals surface area contributed by atoms with Crippen LogP contribution >= 0.6 is 0 Å². The lowest BCUT2D eigenvalue weighted by Crippen LogP contribution is -2.33. The molecule has 1 fully saturated rings. The minimum atomic E-state index is -0.0352. The molecule has 1 aromatic heterocycles. The number of likely N-dealkylation sites (tertiary alicyclic amines) is 1. The van der Waals surface area contributed by atoms with Gasteiger partial charge in [0.25, 0.3) is 5.91 Å². The number of carbonyl (C=O) groups is 1. The Morgan fingerprint density at radius 3 is 2.90 bits per heavy atom. The highest BCUT2D eigenvalue weighted by atomic mass is 16.1. The van der Waals surface area contributed by atoms with Crippen LogP contribution in [0, 0.1) is 5.92 Å². The molecule has 116 valence electrons. The fourth-order valence-corrected chi connectivity index (χ4v) is 2.76. The van der Waals surface area contributed by atoms with Crippen molar-refractivity contribution >= 4 is 11.6 Å². The first-order valence-electron chi connectivity index (χ1n) is 7.85. The Kier molecular flexibility index (Phi) is 5.99. The van der Waals surface area contributed by atoms with Crippen LogP contribution in [0.1, 0.15) is 36.5 Å². The molecular weight excluding hydrogens is 264 g/mol. The summed E-state index contributed by atoms with van der Waals surface area (Å²) in [5.41, 5.74) is 1.48. The van der Waals surface area contributed by atoms with Crippen LogP contribution in [-0.4, -0.2) is 49.0 Å². The van der Waals surface area contributed by atoms with Crippen LogP contribution in [0.5, 0.6) is 0 Å². The zero-order valence-electron chi connectivity index (χ0n) is 13.1. The van der Waals surface area contributed by atoms with Gasteiger partial charge in [0, 0.05) is 25.5 Å². The summed E-state index contributed by atoms with van der Waals surface area (Å²) in [5.74, 6) is 0.704. The number of pyridine rings is 1. The Morgan fingerprint density at radius 1 is 1.43 bits per heavy atom. The van der Waals surface area contributed by atoms with Crippen molar-refractivity contribution in [1.29, 1.82) is 0 Å². The van der Waals surface area contributed by atoms with E-state index >= 15 is 0 Å². The maximum atomic E-state index is 12.2. The molecule has 2 N–H and O–H groups in total. The van der Waals surface area contributed by atoms with Crippen LogP contribution in [0.25, 0.3) is 0 Å². The topological polar surface area (TPSA) is 57.3 Å². The van der Waals surface area contributed by atoms with Gasteiger partial charge in [0.15, 0.2) is 0 Å². The summed E-state index contributed by atoms with van der Waals surface area (Å²) in [5, 5.41) is 6.22. The van der Waals surface area contributed by atoms with E-state index in [0.717, 1.165) is 31.1 Å². The van der Waals surface area contributed by atoms with Crippen molar-refractivity contribution in [2.24, 2.45) is 5.92 Å². The second kappa shape index (κ2) is 7.98. The molecule has 0 bridgehead atoms. The molecule has 0 saturated carbocycles. The lowest BCUT2D eigenvalue weighted by molar-refractivity contribution is 0.0949. The normalized spacial score (nSPS) is 16.7. The number of piperidine rings is 1. The van der Waals surface area contributed by atoms with E-state index in [1.165, 1.54) is 25.9 Å². The molecule has 1 amide bonds. The number of aromatic nitrogens is 1. The predicted molar refractivity (Wildman–Crippen MR) is 85.6 cm³/mol. The van der Waals surface area contributed by atoms with Crippen molar-refractivity contribution in [3.05, 3.63) is 24.0 Å². The molecule has 0 radical (unpaired) electrons. The molecule has 2 heterocycles. The van der Waals surface area contributed by atoms with Crippen molar-refractivity contribution in [1.82, 2.24) is 15.2 Å². The summed E-state index contributed by atoms with van der Waals surface area (Å²) in [6, 6.07) is 1.84. The molecule has 5 heteroatoms.